The fraction of sp³-hybridized carbons (Fsp3) is 0.400. The van der Waals surface area contributed by atoms with Gasteiger partial charge in [-0.25, -0.2) is 0 Å². The van der Waals surface area contributed by atoms with Crippen molar-refractivity contribution in [1.82, 2.24) is 15.2 Å². The first kappa shape index (κ1) is 21.0. The van der Waals surface area contributed by atoms with E-state index in [0.29, 0.717) is 18.0 Å². The van der Waals surface area contributed by atoms with Crippen molar-refractivity contribution in [2.24, 2.45) is 0 Å². The monoisotopic (exact) mass is 423 g/mol. The quantitative estimate of drug-likeness (QED) is 0.528. The van der Waals surface area contributed by atoms with Gasteiger partial charge in [0.15, 0.2) is 0 Å². The average Bonchev–Trinajstić information content (AvgIpc) is 3.42. The number of benzene rings is 2. The smallest absolute Gasteiger partial charge is 0.220 e. The third-order valence-electron chi connectivity index (χ3n) is 6.20. The second-order valence-corrected chi connectivity index (χ2v) is 8.58. The van der Waals surface area contributed by atoms with Crippen molar-refractivity contribution < 1.29 is 4.79 Å². The van der Waals surface area contributed by atoms with Crippen LogP contribution in [0.2, 0.25) is 5.02 Å². The lowest BCUT2D eigenvalue weighted by atomic mass is 9.87. The van der Waals surface area contributed by atoms with Gasteiger partial charge < -0.3 is 15.2 Å². The van der Waals surface area contributed by atoms with Crippen molar-refractivity contribution in [2.45, 2.75) is 38.5 Å². The predicted octanol–water partition coefficient (Wildman–Crippen LogP) is 5.12. The second kappa shape index (κ2) is 9.67. The molecule has 3 aromatic rings. The molecule has 0 unspecified atom stereocenters. The number of carbonyl (C=O) groups is 1. The summed E-state index contributed by atoms with van der Waals surface area (Å²) in [6.07, 6.45) is 6.01. The molecule has 158 valence electrons. The van der Waals surface area contributed by atoms with E-state index in [2.05, 4.69) is 46.5 Å². The van der Waals surface area contributed by atoms with Gasteiger partial charge in [-0.15, -0.1) is 0 Å². The molecule has 5 heteroatoms. The third-order valence-corrected chi connectivity index (χ3v) is 6.45. The highest BCUT2D eigenvalue weighted by Crippen LogP contribution is 2.35. The highest BCUT2D eigenvalue weighted by molar-refractivity contribution is 6.30. The van der Waals surface area contributed by atoms with E-state index in [1.807, 2.05) is 24.3 Å². The number of para-hydroxylation sites is 1. The Bertz CT molecular complexity index is 989. The molecule has 2 N–H and O–H groups in total. The molecule has 1 saturated heterocycles. The van der Waals surface area contributed by atoms with Crippen molar-refractivity contribution in [2.75, 3.05) is 26.2 Å². The van der Waals surface area contributed by atoms with E-state index >= 15 is 0 Å². The summed E-state index contributed by atoms with van der Waals surface area (Å²) < 4.78 is 0. The lowest BCUT2D eigenvalue weighted by Gasteiger charge is -2.19. The van der Waals surface area contributed by atoms with Gasteiger partial charge in [-0.05, 0) is 61.2 Å². The van der Waals surface area contributed by atoms with Gasteiger partial charge in [-0.3, -0.25) is 4.79 Å². The molecule has 1 aliphatic rings. The van der Waals surface area contributed by atoms with Crippen LogP contribution in [0, 0.1) is 0 Å². The van der Waals surface area contributed by atoms with Crippen LogP contribution in [0.1, 0.15) is 48.8 Å². The number of amides is 1. The zero-order valence-electron chi connectivity index (χ0n) is 17.6. The van der Waals surface area contributed by atoms with Crippen molar-refractivity contribution in [3.8, 4) is 0 Å². The van der Waals surface area contributed by atoms with Gasteiger partial charge in [0.25, 0.3) is 0 Å². The largest absolute Gasteiger partial charge is 0.361 e. The predicted molar refractivity (Wildman–Crippen MR) is 124 cm³/mol. The SMILES string of the molecule is CCc1cccc2c([C@@H](CC(=O)NCCN3CCCC3)c3ccc(Cl)cc3)c[nH]c12. The third kappa shape index (κ3) is 4.71. The molecule has 0 bridgehead atoms. The standard InChI is InChI=1S/C25H30ClN3O/c1-2-18-6-5-7-21-23(17-28-25(18)21)22(19-8-10-20(26)11-9-19)16-24(30)27-12-15-29-13-3-4-14-29/h5-11,17,22,28H,2-4,12-16H2,1H3,(H,27,30)/t22-/m0/s1. The van der Waals surface area contributed by atoms with E-state index in [9.17, 15) is 4.79 Å². The molecule has 4 nitrogen and oxygen atoms in total. The number of aryl methyl sites for hydroxylation is 1. The van der Waals surface area contributed by atoms with Gasteiger partial charge >= 0.3 is 0 Å². The fourth-order valence-electron chi connectivity index (χ4n) is 4.54. The number of aromatic nitrogens is 1. The first-order chi connectivity index (χ1) is 14.7. The maximum absolute atomic E-state index is 12.9. The second-order valence-electron chi connectivity index (χ2n) is 8.14. The number of hydrogen-bond donors (Lipinski definition) is 2. The maximum atomic E-state index is 12.9. The topological polar surface area (TPSA) is 48.1 Å². The zero-order chi connectivity index (χ0) is 20.9. The number of rotatable bonds is 8. The van der Waals surface area contributed by atoms with Crippen LogP contribution < -0.4 is 5.32 Å². The van der Waals surface area contributed by atoms with Gasteiger partial charge in [-0.2, -0.15) is 0 Å². The molecule has 0 saturated carbocycles. The van der Waals surface area contributed by atoms with E-state index in [4.69, 9.17) is 11.6 Å². The molecule has 0 spiro atoms. The summed E-state index contributed by atoms with van der Waals surface area (Å²) in [7, 11) is 0. The molecule has 1 aromatic heterocycles. The number of aromatic amines is 1. The minimum atomic E-state index is -0.0186. The minimum absolute atomic E-state index is 0.0186. The van der Waals surface area contributed by atoms with Gasteiger partial charge in [0.2, 0.25) is 5.91 Å². The minimum Gasteiger partial charge on any atom is -0.361 e. The highest BCUT2D eigenvalue weighted by Gasteiger charge is 2.22. The molecule has 1 amide bonds. The summed E-state index contributed by atoms with van der Waals surface area (Å²) in [6.45, 7) is 6.11. The van der Waals surface area contributed by atoms with Crippen molar-refractivity contribution in [1.29, 1.82) is 0 Å². The van der Waals surface area contributed by atoms with Crippen molar-refractivity contribution in [3.63, 3.8) is 0 Å². The Morgan fingerprint density at radius 3 is 2.67 bits per heavy atom. The highest BCUT2D eigenvalue weighted by atomic mass is 35.5. The summed E-state index contributed by atoms with van der Waals surface area (Å²) in [5.74, 6) is 0.0741. The van der Waals surface area contributed by atoms with Crippen LogP contribution in [0.5, 0.6) is 0 Å². The van der Waals surface area contributed by atoms with Crippen LogP contribution >= 0.6 is 11.6 Å². The number of halogens is 1. The van der Waals surface area contributed by atoms with Crippen LogP contribution in [0.25, 0.3) is 10.9 Å². The van der Waals surface area contributed by atoms with Crippen LogP contribution in [0.15, 0.2) is 48.7 Å². The Morgan fingerprint density at radius 1 is 1.17 bits per heavy atom. The lowest BCUT2D eigenvalue weighted by molar-refractivity contribution is -0.121. The number of likely N-dealkylation sites (tertiary alicyclic amines) is 1. The van der Waals surface area contributed by atoms with E-state index in [1.54, 1.807) is 0 Å². The van der Waals surface area contributed by atoms with E-state index in [-0.39, 0.29) is 11.8 Å². The molecular weight excluding hydrogens is 394 g/mol. The molecule has 1 atom stereocenters. The molecular formula is C25H30ClN3O. The van der Waals surface area contributed by atoms with Gasteiger partial charge in [0.1, 0.15) is 0 Å². The van der Waals surface area contributed by atoms with Crippen LogP contribution in [-0.4, -0.2) is 42.0 Å². The number of nitrogens with zero attached hydrogens (tertiary/aromatic N) is 1. The molecule has 0 aliphatic carbocycles. The fourth-order valence-corrected chi connectivity index (χ4v) is 4.67. The van der Waals surface area contributed by atoms with Gasteiger partial charge in [0, 0.05) is 47.6 Å². The molecule has 1 fully saturated rings. The number of fused-ring (bicyclic) bond motifs is 1. The number of hydrogen-bond acceptors (Lipinski definition) is 2. The average molecular weight is 424 g/mol. The van der Waals surface area contributed by atoms with E-state index in [0.717, 1.165) is 37.2 Å². The van der Waals surface area contributed by atoms with Crippen LogP contribution in [-0.2, 0) is 11.2 Å². The summed E-state index contributed by atoms with van der Waals surface area (Å²) in [5.41, 5.74) is 4.74. The molecule has 2 aromatic carbocycles. The Balaban J connectivity index is 1.56. The zero-order valence-corrected chi connectivity index (χ0v) is 18.3. The first-order valence-corrected chi connectivity index (χ1v) is 11.4. The Labute approximate surface area is 183 Å². The van der Waals surface area contributed by atoms with Gasteiger partial charge in [0.05, 0.1) is 0 Å². The molecule has 2 heterocycles. The van der Waals surface area contributed by atoms with Crippen molar-refractivity contribution in [3.05, 3.63) is 70.4 Å². The number of H-pyrrole nitrogens is 1. The molecule has 4 rings (SSSR count). The Morgan fingerprint density at radius 2 is 1.93 bits per heavy atom. The normalized spacial score (nSPS) is 15.5. The molecule has 1 aliphatic heterocycles. The van der Waals surface area contributed by atoms with E-state index < -0.39 is 0 Å². The van der Waals surface area contributed by atoms with Crippen LogP contribution in [0.3, 0.4) is 0 Å². The summed E-state index contributed by atoms with van der Waals surface area (Å²) in [4.78, 5) is 18.7. The Kier molecular flexibility index (Phi) is 6.76. The van der Waals surface area contributed by atoms with Crippen molar-refractivity contribution >= 4 is 28.4 Å². The maximum Gasteiger partial charge on any atom is 0.220 e. The van der Waals surface area contributed by atoms with E-state index in [1.165, 1.54) is 29.3 Å². The lowest BCUT2D eigenvalue weighted by Crippen LogP contribution is -2.34. The van der Waals surface area contributed by atoms with Gasteiger partial charge in [-0.1, -0.05) is 48.9 Å². The summed E-state index contributed by atoms with van der Waals surface area (Å²) in [6, 6.07) is 14.3. The summed E-state index contributed by atoms with van der Waals surface area (Å²) in [5, 5.41) is 5.04. The first-order valence-electron chi connectivity index (χ1n) is 11.0. The summed E-state index contributed by atoms with van der Waals surface area (Å²) >= 11 is 6.12. The van der Waals surface area contributed by atoms with Crippen LogP contribution in [0.4, 0.5) is 0 Å². The number of nitrogens with one attached hydrogen (secondary N) is 2. The Hall–Kier alpha value is -2.30. The molecule has 0 radical (unpaired) electrons. The number of carbonyl (C=O) groups excluding carboxylic acids is 1. The molecule has 30 heavy (non-hydrogen) atoms.